The van der Waals surface area contributed by atoms with Gasteiger partial charge in [0.2, 0.25) is 5.91 Å². The molecule has 0 aromatic carbocycles. The van der Waals surface area contributed by atoms with Crippen molar-refractivity contribution in [2.24, 2.45) is 5.73 Å². The zero-order chi connectivity index (χ0) is 14.2. The van der Waals surface area contributed by atoms with Crippen LogP contribution in [0.4, 0.5) is 0 Å². The summed E-state index contributed by atoms with van der Waals surface area (Å²) in [5.41, 5.74) is 5.87. The second-order valence-corrected chi connectivity index (χ2v) is 7.22. The Bertz CT molecular complexity index is 288. The molecule has 0 aromatic heterocycles. The second-order valence-electron chi connectivity index (χ2n) is 5.91. The fraction of sp³-hybridized carbons (Fsp3) is 0.933. The van der Waals surface area contributed by atoms with E-state index < -0.39 is 0 Å². The lowest BCUT2D eigenvalue weighted by Crippen LogP contribution is -2.35. The smallest absolute Gasteiger partial charge is 0.233 e. The summed E-state index contributed by atoms with van der Waals surface area (Å²) >= 11 is 1.80. The number of thioether (sulfide) groups is 1. The third kappa shape index (κ3) is 5.62. The van der Waals surface area contributed by atoms with Gasteiger partial charge in [0.05, 0.1) is 11.4 Å². The first-order chi connectivity index (χ1) is 9.75. The molecular formula is C15H28N2O2S. The standard InChI is InChI=1S/C15H28N2O2S/c16-12-5-7-13(8-6-12)19-10-3-9-17-15(18)14-4-1-2-11-20-14/h12-14H,1-11,16H2,(H,17,18). The first kappa shape index (κ1) is 16.1. The van der Waals surface area contributed by atoms with Crippen molar-refractivity contribution >= 4 is 17.7 Å². The van der Waals surface area contributed by atoms with Gasteiger partial charge in [-0.25, -0.2) is 0 Å². The summed E-state index contributed by atoms with van der Waals surface area (Å²) in [5.74, 6) is 1.35. The third-order valence-corrected chi connectivity index (χ3v) is 5.54. The Morgan fingerprint density at radius 2 is 2.00 bits per heavy atom. The molecule has 5 heteroatoms. The molecule has 1 aliphatic heterocycles. The van der Waals surface area contributed by atoms with Crippen LogP contribution in [0.1, 0.15) is 51.4 Å². The predicted octanol–water partition coefficient (Wildman–Crippen LogP) is 2.06. The lowest BCUT2D eigenvalue weighted by Gasteiger charge is -2.26. The number of carbonyl (C=O) groups is 1. The minimum atomic E-state index is 0.185. The first-order valence-electron chi connectivity index (χ1n) is 8.02. The number of amides is 1. The lowest BCUT2D eigenvalue weighted by atomic mass is 9.94. The van der Waals surface area contributed by atoms with Crippen LogP contribution in [0.15, 0.2) is 0 Å². The van der Waals surface area contributed by atoms with Crippen LogP contribution >= 0.6 is 11.8 Å². The monoisotopic (exact) mass is 300 g/mol. The van der Waals surface area contributed by atoms with E-state index in [0.29, 0.717) is 12.1 Å². The average molecular weight is 300 g/mol. The maximum absolute atomic E-state index is 11.9. The van der Waals surface area contributed by atoms with E-state index in [2.05, 4.69) is 5.32 Å². The van der Waals surface area contributed by atoms with Crippen LogP contribution in [0.3, 0.4) is 0 Å². The maximum atomic E-state index is 11.9. The van der Waals surface area contributed by atoms with Crippen molar-refractivity contribution in [3.63, 3.8) is 0 Å². The molecule has 0 aromatic rings. The fourth-order valence-electron chi connectivity index (χ4n) is 2.85. The molecule has 1 aliphatic carbocycles. The summed E-state index contributed by atoms with van der Waals surface area (Å²) in [7, 11) is 0. The minimum Gasteiger partial charge on any atom is -0.378 e. The molecule has 20 heavy (non-hydrogen) atoms. The van der Waals surface area contributed by atoms with E-state index in [1.54, 1.807) is 11.8 Å². The molecule has 0 radical (unpaired) electrons. The maximum Gasteiger partial charge on any atom is 0.233 e. The molecule has 1 atom stereocenters. The van der Waals surface area contributed by atoms with Gasteiger partial charge in [0, 0.05) is 19.2 Å². The van der Waals surface area contributed by atoms with E-state index in [4.69, 9.17) is 10.5 Å². The molecule has 0 spiro atoms. The Morgan fingerprint density at radius 1 is 1.20 bits per heavy atom. The Morgan fingerprint density at radius 3 is 2.70 bits per heavy atom. The van der Waals surface area contributed by atoms with Gasteiger partial charge >= 0.3 is 0 Å². The summed E-state index contributed by atoms with van der Waals surface area (Å²) < 4.78 is 5.85. The van der Waals surface area contributed by atoms with Gasteiger partial charge in [0.25, 0.3) is 0 Å². The number of carbonyl (C=O) groups excluding carboxylic acids is 1. The van der Waals surface area contributed by atoms with Crippen molar-refractivity contribution in [3.8, 4) is 0 Å². The van der Waals surface area contributed by atoms with Crippen molar-refractivity contribution in [2.45, 2.75) is 68.8 Å². The Labute approximate surface area is 126 Å². The van der Waals surface area contributed by atoms with E-state index in [9.17, 15) is 4.79 Å². The van der Waals surface area contributed by atoms with Gasteiger partial charge in [-0.1, -0.05) is 6.42 Å². The van der Waals surface area contributed by atoms with E-state index in [1.165, 1.54) is 12.8 Å². The van der Waals surface area contributed by atoms with Gasteiger partial charge < -0.3 is 15.8 Å². The first-order valence-corrected chi connectivity index (χ1v) is 9.07. The quantitative estimate of drug-likeness (QED) is 0.737. The Kier molecular flexibility index (Phi) is 7.17. The molecule has 1 saturated heterocycles. The predicted molar refractivity (Wildman–Crippen MR) is 83.9 cm³/mol. The van der Waals surface area contributed by atoms with Crippen molar-refractivity contribution in [1.82, 2.24) is 5.32 Å². The van der Waals surface area contributed by atoms with Crippen LogP contribution in [0, 0.1) is 0 Å². The highest BCUT2D eigenvalue weighted by atomic mass is 32.2. The van der Waals surface area contributed by atoms with E-state index in [-0.39, 0.29) is 11.2 Å². The van der Waals surface area contributed by atoms with Crippen LogP contribution in [0.2, 0.25) is 0 Å². The van der Waals surface area contributed by atoms with Crippen LogP contribution < -0.4 is 11.1 Å². The van der Waals surface area contributed by atoms with Gasteiger partial charge in [-0.3, -0.25) is 4.79 Å². The molecule has 2 fully saturated rings. The van der Waals surface area contributed by atoms with Crippen molar-refractivity contribution in [2.75, 3.05) is 18.9 Å². The van der Waals surface area contributed by atoms with E-state index in [1.807, 2.05) is 0 Å². The van der Waals surface area contributed by atoms with Crippen LogP contribution in [-0.4, -0.2) is 42.2 Å². The van der Waals surface area contributed by atoms with Gasteiger partial charge in [-0.2, -0.15) is 0 Å². The van der Waals surface area contributed by atoms with Gasteiger partial charge in [-0.05, 0) is 50.7 Å². The lowest BCUT2D eigenvalue weighted by molar-refractivity contribution is -0.120. The summed E-state index contributed by atoms with van der Waals surface area (Å²) in [6.45, 7) is 1.49. The van der Waals surface area contributed by atoms with E-state index in [0.717, 1.165) is 57.4 Å². The number of nitrogens with one attached hydrogen (secondary N) is 1. The van der Waals surface area contributed by atoms with Gasteiger partial charge in [0.1, 0.15) is 0 Å². The number of rotatable bonds is 6. The highest BCUT2D eigenvalue weighted by Gasteiger charge is 2.21. The normalized spacial score (nSPS) is 30.9. The van der Waals surface area contributed by atoms with Crippen LogP contribution in [0.5, 0.6) is 0 Å². The highest BCUT2D eigenvalue weighted by molar-refractivity contribution is 8.00. The molecule has 1 unspecified atom stereocenters. The average Bonchev–Trinajstić information content (AvgIpc) is 2.49. The Balaban J connectivity index is 1.47. The second kappa shape index (κ2) is 8.90. The van der Waals surface area contributed by atoms with Gasteiger partial charge in [0.15, 0.2) is 0 Å². The fourth-order valence-corrected chi connectivity index (χ4v) is 4.07. The molecule has 1 amide bonds. The van der Waals surface area contributed by atoms with Gasteiger partial charge in [-0.15, -0.1) is 11.8 Å². The third-order valence-electron chi connectivity index (χ3n) is 4.16. The molecule has 2 aliphatic rings. The zero-order valence-electron chi connectivity index (χ0n) is 12.3. The largest absolute Gasteiger partial charge is 0.378 e. The Hall–Kier alpha value is -0.260. The molecule has 3 N–H and O–H groups in total. The van der Waals surface area contributed by atoms with Crippen molar-refractivity contribution in [1.29, 1.82) is 0 Å². The summed E-state index contributed by atoms with van der Waals surface area (Å²) in [6, 6.07) is 0.377. The molecular weight excluding hydrogens is 272 g/mol. The number of ether oxygens (including phenoxy) is 1. The molecule has 1 saturated carbocycles. The molecule has 116 valence electrons. The van der Waals surface area contributed by atoms with Crippen molar-refractivity contribution < 1.29 is 9.53 Å². The van der Waals surface area contributed by atoms with E-state index >= 15 is 0 Å². The van der Waals surface area contributed by atoms with Crippen LogP contribution in [-0.2, 0) is 9.53 Å². The zero-order valence-corrected chi connectivity index (χ0v) is 13.1. The number of hydrogen-bond acceptors (Lipinski definition) is 4. The minimum absolute atomic E-state index is 0.185. The molecule has 4 nitrogen and oxygen atoms in total. The molecule has 0 bridgehead atoms. The summed E-state index contributed by atoms with van der Waals surface area (Å²) in [5, 5.41) is 3.22. The highest BCUT2D eigenvalue weighted by Crippen LogP contribution is 2.25. The summed E-state index contributed by atoms with van der Waals surface area (Å²) in [4.78, 5) is 11.9. The number of nitrogens with two attached hydrogens (primary N) is 1. The topological polar surface area (TPSA) is 64.3 Å². The molecule has 1 heterocycles. The number of hydrogen-bond donors (Lipinski definition) is 2. The molecule has 2 rings (SSSR count). The van der Waals surface area contributed by atoms with Crippen molar-refractivity contribution in [3.05, 3.63) is 0 Å². The summed E-state index contributed by atoms with van der Waals surface area (Å²) in [6.07, 6.45) is 9.13. The SMILES string of the molecule is NC1CCC(OCCCNC(=O)C2CCCCS2)CC1. The van der Waals surface area contributed by atoms with Crippen LogP contribution in [0.25, 0.3) is 0 Å².